The highest BCUT2D eigenvalue weighted by Crippen LogP contribution is 2.41. The molecule has 0 aliphatic heterocycles. The molecule has 0 aliphatic rings. The lowest BCUT2D eigenvalue weighted by Crippen LogP contribution is -1.92. The monoisotopic (exact) mass is 816 g/mol. The van der Waals surface area contributed by atoms with Crippen molar-refractivity contribution in [3.05, 3.63) is 219 Å². The van der Waals surface area contributed by atoms with Gasteiger partial charge in [-0.15, -0.1) is 11.3 Å². The van der Waals surface area contributed by atoms with E-state index in [4.69, 9.17) is 9.97 Å². The minimum Gasteiger partial charge on any atom is -0.252 e. The van der Waals surface area contributed by atoms with Gasteiger partial charge in [0.05, 0.1) is 22.9 Å². The van der Waals surface area contributed by atoms with Gasteiger partial charge in [-0.25, -0.2) is 4.98 Å². The second kappa shape index (κ2) is 14.3. The summed E-state index contributed by atoms with van der Waals surface area (Å²) < 4.78 is 2.68. The molecule has 2 aromatic heterocycles. The van der Waals surface area contributed by atoms with Crippen LogP contribution in [0.2, 0.25) is 0 Å². The molecule has 2 heterocycles. The van der Waals surface area contributed by atoms with Crippen LogP contribution in [0.25, 0.3) is 130 Å². The van der Waals surface area contributed by atoms with Crippen molar-refractivity contribution in [3.63, 3.8) is 0 Å². The van der Waals surface area contributed by atoms with Crippen molar-refractivity contribution in [2.45, 2.75) is 0 Å². The Morgan fingerprint density at radius 2 is 0.762 bits per heavy atom. The summed E-state index contributed by atoms with van der Waals surface area (Å²) in [6.45, 7) is 0. The average molecular weight is 817 g/mol. The Labute approximate surface area is 368 Å². The second-order valence-corrected chi connectivity index (χ2v) is 17.6. The molecular weight excluding hydrogens is 781 g/mol. The van der Waals surface area contributed by atoms with Gasteiger partial charge >= 0.3 is 0 Å². The molecule has 0 bridgehead atoms. The molecule has 0 atom stereocenters. The molecule has 0 saturated heterocycles. The molecule has 13 aromatic rings. The van der Waals surface area contributed by atoms with Crippen LogP contribution in [0.15, 0.2) is 219 Å². The summed E-state index contributed by atoms with van der Waals surface area (Å²) in [5, 5.41) is 12.2. The normalized spacial score (nSPS) is 11.8. The number of thiophene rings is 1. The zero-order valence-corrected chi connectivity index (χ0v) is 34.9. The van der Waals surface area contributed by atoms with Crippen LogP contribution in [0.5, 0.6) is 0 Å². The van der Waals surface area contributed by atoms with E-state index in [1.54, 1.807) is 0 Å². The summed E-state index contributed by atoms with van der Waals surface area (Å²) in [4.78, 5) is 10.3. The molecule has 0 spiro atoms. The van der Waals surface area contributed by atoms with Gasteiger partial charge in [0.1, 0.15) is 0 Å². The average Bonchev–Trinajstić information content (AvgIpc) is 3.75. The highest BCUT2D eigenvalue weighted by molar-refractivity contribution is 7.26. The van der Waals surface area contributed by atoms with Gasteiger partial charge < -0.3 is 0 Å². The van der Waals surface area contributed by atoms with Crippen LogP contribution >= 0.6 is 11.3 Å². The zero-order valence-electron chi connectivity index (χ0n) is 34.1. The summed E-state index contributed by atoms with van der Waals surface area (Å²) in [7, 11) is 0. The van der Waals surface area contributed by atoms with E-state index < -0.39 is 0 Å². The van der Waals surface area contributed by atoms with Crippen LogP contribution in [-0.2, 0) is 0 Å². The lowest BCUT2D eigenvalue weighted by atomic mass is 9.94. The first-order valence-corrected chi connectivity index (χ1v) is 22.3. The quantitative estimate of drug-likeness (QED) is 0.162. The molecule has 0 amide bonds. The molecule has 0 fully saturated rings. The largest absolute Gasteiger partial charge is 0.252 e. The van der Waals surface area contributed by atoms with Crippen LogP contribution in [0, 0.1) is 0 Å². The molecule has 63 heavy (non-hydrogen) atoms. The SMILES string of the molecule is c1cc(-c2ccc3cc(-c4ccc5cc(-c6ccc(-c7cccc8c7sc7ccccc78)cc6)ccc5c4)ccc3c2)cc(-c2cnc3c4ccccc4c4ccccc4c3n2)c1. The fourth-order valence-electron chi connectivity index (χ4n) is 9.65. The summed E-state index contributed by atoms with van der Waals surface area (Å²) in [6, 6.07) is 77.4. The predicted octanol–water partition coefficient (Wildman–Crippen LogP) is 16.9. The van der Waals surface area contributed by atoms with Gasteiger partial charge in [-0.2, -0.15) is 0 Å². The minimum atomic E-state index is 0.869. The minimum absolute atomic E-state index is 0.869. The van der Waals surface area contributed by atoms with Crippen molar-refractivity contribution < 1.29 is 0 Å². The number of rotatable bonds is 5. The topological polar surface area (TPSA) is 25.8 Å². The third kappa shape index (κ3) is 6.01. The van der Waals surface area contributed by atoms with Gasteiger partial charge in [-0.3, -0.25) is 4.98 Å². The van der Waals surface area contributed by atoms with Crippen LogP contribution in [0.1, 0.15) is 0 Å². The number of aromatic nitrogens is 2. The molecule has 11 aromatic carbocycles. The predicted molar refractivity (Wildman–Crippen MR) is 270 cm³/mol. The first-order valence-electron chi connectivity index (χ1n) is 21.4. The number of hydrogen-bond donors (Lipinski definition) is 0. The van der Waals surface area contributed by atoms with Crippen molar-refractivity contribution in [2.24, 2.45) is 0 Å². The van der Waals surface area contributed by atoms with Crippen LogP contribution in [0.4, 0.5) is 0 Å². The van der Waals surface area contributed by atoms with Gasteiger partial charge in [-0.1, -0.05) is 176 Å². The van der Waals surface area contributed by atoms with Gasteiger partial charge in [0, 0.05) is 36.5 Å². The van der Waals surface area contributed by atoms with Gasteiger partial charge in [0.25, 0.3) is 0 Å². The number of fused-ring (bicyclic) bond motifs is 11. The summed E-state index contributed by atoms with van der Waals surface area (Å²) in [5.74, 6) is 0. The molecule has 0 saturated carbocycles. The fraction of sp³-hybridized carbons (Fsp3) is 0. The lowest BCUT2D eigenvalue weighted by Gasteiger charge is -2.11. The van der Waals surface area contributed by atoms with Crippen LogP contribution < -0.4 is 0 Å². The van der Waals surface area contributed by atoms with E-state index in [1.807, 2.05) is 17.5 Å². The molecule has 0 aliphatic carbocycles. The van der Waals surface area contributed by atoms with E-state index in [2.05, 4.69) is 212 Å². The molecule has 0 N–H and O–H groups in total. The van der Waals surface area contributed by atoms with Gasteiger partial charge in [0.2, 0.25) is 0 Å². The third-order valence-electron chi connectivity index (χ3n) is 12.9. The molecule has 13 rings (SSSR count). The summed E-state index contributed by atoms with van der Waals surface area (Å²) in [5.41, 5.74) is 13.5. The Bertz CT molecular complexity index is 3940. The number of nitrogens with zero attached hydrogens (tertiary/aromatic N) is 2. The highest BCUT2D eigenvalue weighted by Gasteiger charge is 2.14. The maximum Gasteiger partial charge on any atom is 0.0979 e. The molecule has 0 radical (unpaired) electrons. The fourth-order valence-corrected chi connectivity index (χ4v) is 10.9. The van der Waals surface area contributed by atoms with Crippen molar-refractivity contribution in [1.82, 2.24) is 9.97 Å². The van der Waals surface area contributed by atoms with E-state index >= 15 is 0 Å². The molecule has 2 nitrogen and oxygen atoms in total. The van der Waals surface area contributed by atoms with E-state index in [0.29, 0.717) is 0 Å². The summed E-state index contributed by atoms with van der Waals surface area (Å²) >= 11 is 1.88. The van der Waals surface area contributed by atoms with E-state index in [1.165, 1.54) is 91.4 Å². The number of benzene rings is 11. The first-order chi connectivity index (χ1) is 31.2. The maximum absolute atomic E-state index is 5.25. The highest BCUT2D eigenvalue weighted by atomic mass is 32.1. The lowest BCUT2D eigenvalue weighted by molar-refractivity contribution is 1.31. The Hall–Kier alpha value is -7.98. The standard InChI is InChI=1S/C60H36N2S/c1-3-14-53-50(11-1)51-12-2-4-15-54(51)59-58(53)61-36-56(62-59)48-10-7-9-39(35-48)41-25-26-45-34-47(30-29-44(45)32-41)46-28-27-42-31-40(23-24-43(42)33-46)37-19-21-38(22-20-37)49-16-8-17-55-52-13-5-6-18-57(52)63-60(49)55/h1-36H. The molecule has 292 valence electrons. The zero-order chi connectivity index (χ0) is 41.4. The first kappa shape index (κ1) is 35.7. The van der Waals surface area contributed by atoms with Crippen LogP contribution in [-0.4, -0.2) is 9.97 Å². The van der Waals surface area contributed by atoms with Crippen LogP contribution in [0.3, 0.4) is 0 Å². The van der Waals surface area contributed by atoms with Crippen molar-refractivity contribution in [2.75, 3.05) is 0 Å². The Balaban J connectivity index is 0.770. The van der Waals surface area contributed by atoms with E-state index in [0.717, 1.165) is 38.6 Å². The van der Waals surface area contributed by atoms with Crippen molar-refractivity contribution >= 4 is 85.6 Å². The Morgan fingerprint density at radius 1 is 0.302 bits per heavy atom. The van der Waals surface area contributed by atoms with Gasteiger partial charge in [-0.05, 0) is 113 Å². The molecule has 3 heteroatoms. The van der Waals surface area contributed by atoms with Crippen molar-refractivity contribution in [1.29, 1.82) is 0 Å². The maximum atomic E-state index is 5.25. The Kier molecular flexibility index (Phi) is 8.12. The number of hydrogen-bond acceptors (Lipinski definition) is 3. The Morgan fingerprint density at radius 3 is 1.40 bits per heavy atom. The van der Waals surface area contributed by atoms with Crippen molar-refractivity contribution in [3.8, 4) is 55.8 Å². The molecular formula is C60H36N2S. The smallest absolute Gasteiger partial charge is 0.0979 e. The van der Waals surface area contributed by atoms with E-state index in [9.17, 15) is 0 Å². The van der Waals surface area contributed by atoms with Gasteiger partial charge in [0.15, 0.2) is 0 Å². The third-order valence-corrected chi connectivity index (χ3v) is 14.1. The molecule has 0 unspecified atom stereocenters. The second-order valence-electron chi connectivity index (χ2n) is 16.5. The van der Waals surface area contributed by atoms with E-state index in [-0.39, 0.29) is 0 Å². The summed E-state index contributed by atoms with van der Waals surface area (Å²) in [6.07, 6.45) is 1.92.